The van der Waals surface area contributed by atoms with Gasteiger partial charge >= 0.3 is 0 Å². The lowest BCUT2D eigenvalue weighted by Gasteiger charge is -2.30. The van der Waals surface area contributed by atoms with Gasteiger partial charge < -0.3 is 5.32 Å². The molecule has 0 radical (unpaired) electrons. The van der Waals surface area contributed by atoms with E-state index in [1.165, 1.54) is 11.1 Å². The first kappa shape index (κ1) is 13.2. The van der Waals surface area contributed by atoms with Crippen LogP contribution in [0.3, 0.4) is 0 Å². The van der Waals surface area contributed by atoms with E-state index in [2.05, 4.69) is 62.3 Å². The zero-order valence-corrected chi connectivity index (χ0v) is 11.1. The largest absolute Gasteiger partial charge is 0.316 e. The molecule has 1 aromatic rings. The highest BCUT2D eigenvalue weighted by Gasteiger charge is 2.15. The minimum atomic E-state index is 0.508. The van der Waals surface area contributed by atoms with Crippen LogP contribution in [-0.2, 0) is 6.54 Å². The van der Waals surface area contributed by atoms with Crippen LogP contribution in [0.5, 0.6) is 0 Å². The molecule has 0 fully saturated rings. The topological polar surface area (TPSA) is 15.3 Å². The fraction of sp³-hybridized carbons (Fsp3) is 0.571. The smallest absolute Gasteiger partial charge is 0.0236 e. The average Bonchev–Trinajstić information content (AvgIpc) is 2.30. The van der Waals surface area contributed by atoms with Crippen molar-refractivity contribution in [1.82, 2.24) is 10.2 Å². The molecule has 2 atom stereocenters. The summed E-state index contributed by atoms with van der Waals surface area (Å²) in [5, 5.41) is 3.30. The van der Waals surface area contributed by atoms with Crippen LogP contribution in [0, 0.1) is 6.92 Å². The van der Waals surface area contributed by atoms with Gasteiger partial charge in [-0.05, 0) is 46.0 Å². The van der Waals surface area contributed by atoms with Crippen LogP contribution in [0.15, 0.2) is 24.3 Å². The van der Waals surface area contributed by atoms with Gasteiger partial charge in [-0.1, -0.05) is 24.3 Å². The van der Waals surface area contributed by atoms with E-state index in [1.54, 1.807) is 0 Å². The third kappa shape index (κ3) is 3.32. The van der Waals surface area contributed by atoms with Gasteiger partial charge in [0.2, 0.25) is 0 Å². The van der Waals surface area contributed by atoms with Crippen molar-refractivity contribution in [2.75, 3.05) is 14.1 Å². The zero-order chi connectivity index (χ0) is 12.1. The van der Waals surface area contributed by atoms with E-state index in [0.717, 1.165) is 6.54 Å². The number of likely N-dealkylation sites (N-methyl/N-ethyl adjacent to an activating group) is 2. The van der Waals surface area contributed by atoms with Gasteiger partial charge in [0.15, 0.2) is 0 Å². The molecule has 0 bridgehead atoms. The molecule has 2 nitrogen and oxygen atoms in total. The van der Waals surface area contributed by atoms with Crippen molar-refractivity contribution in [2.24, 2.45) is 0 Å². The monoisotopic (exact) mass is 220 g/mol. The second-order valence-corrected chi connectivity index (χ2v) is 4.66. The van der Waals surface area contributed by atoms with Gasteiger partial charge in [-0.3, -0.25) is 4.90 Å². The molecule has 0 aromatic heterocycles. The molecular formula is C14H24N2. The summed E-state index contributed by atoms with van der Waals surface area (Å²) in [6, 6.07) is 9.64. The molecule has 1 aromatic carbocycles. The molecule has 0 aliphatic rings. The molecule has 90 valence electrons. The van der Waals surface area contributed by atoms with E-state index < -0.39 is 0 Å². The maximum absolute atomic E-state index is 3.30. The molecule has 0 saturated carbocycles. The maximum atomic E-state index is 3.30. The highest BCUT2D eigenvalue weighted by Crippen LogP contribution is 2.12. The number of benzene rings is 1. The van der Waals surface area contributed by atoms with Crippen molar-refractivity contribution in [3.05, 3.63) is 35.4 Å². The molecule has 1 rings (SSSR count). The lowest BCUT2D eigenvalue weighted by atomic mass is 10.1. The Hall–Kier alpha value is -0.860. The summed E-state index contributed by atoms with van der Waals surface area (Å²) in [5.41, 5.74) is 2.79. The van der Waals surface area contributed by atoms with Crippen LogP contribution in [-0.4, -0.2) is 31.1 Å². The maximum Gasteiger partial charge on any atom is 0.0236 e. The normalized spacial score (nSPS) is 15.1. The second kappa shape index (κ2) is 6.02. The van der Waals surface area contributed by atoms with Crippen LogP contribution < -0.4 is 5.32 Å². The van der Waals surface area contributed by atoms with E-state index in [1.807, 2.05) is 7.05 Å². The van der Waals surface area contributed by atoms with E-state index in [0.29, 0.717) is 12.1 Å². The van der Waals surface area contributed by atoms with E-state index in [4.69, 9.17) is 0 Å². The molecule has 0 aliphatic heterocycles. The summed E-state index contributed by atoms with van der Waals surface area (Å²) in [5.74, 6) is 0. The first-order valence-corrected chi connectivity index (χ1v) is 5.98. The van der Waals surface area contributed by atoms with E-state index in [9.17, 15) is 0 Å². The minimum Gasteiger partial charge on any atom is -0.316 e. The van der Waals surface area contributed by atoms with Crippen molar-refractivity contribution in [3.63, 3.8) is 0 Å². The Kier molecular flexibility index (Phi) is 4.97. The lowest BCUT2D eigenvalue weighted by molar-refractivity contribution is 0.210. The number of hydrogen-bond donors (Lipinski definition) is 1. The minimum absolute atomic E-state index is 0.508. The molecule has 0 amide bonds. The molecule has 0 saturated heterocycles. The van der Waals surface area contributed by atoms with Gasteiger partial charge in [0.05, 0.1) is 0 Å². The Bertz CT molecular complexity index is 322. The van der Waals surface area contributed by atoms with Crippen LogP contribution in [0.2, 0.25) is 0 Å². The standard InChI is InChI=1S/C14H24N2/c1-11-8-6-7-9-14(11)10-16(5)13(3)12(2)15-4/h6-9,12-13,15H,10H2,1-5H3. The first-order chi connectivity index (χ1) is 7.56. The van der Waals surface area contributed by atoms with Gasteiger partial charge in [-0.2, -0.15) is 0 Å². The Morgan fingerprint density at radius 2 is 1.88 bits per heavy atom. The first-order valence-electron chi connectivity index (χ1n) is 5.98. The Balaban J connectivity index is 2.64. The SMILES string of the molecule is CNC(C)C(C)N(C)Cc1ccccc1C. The lowest BCUT2D eigenvalue weighted by Crippen LogP contribution is -2.43. The summed E-state index contributed by atoms with van der Waals surface area (Å²) >= 11 is 0. The molecule has 2 heteroatoms. The van der Waals surface area contributed by atoms with E-state index in [-0.39, 0.29) is 0 Å². The van der Waals surface area contributed by atoms with Crippen LogP contribution in [0.1, 0.15) is 25.0 Å². The predicted octanol–water partition coefficient (Wildman–Crippen LogP) is 2.42. The fourth-order valence-corrected chi connectivity index (χ4v) is 1.82. The molecule has 1 N–H and O–H groups in total. The van der Waals surface area contributed by atoms with Gasteiger partial charge in [0, 0.05) is 18.6 Å². The number of rotatable bonds is 5. The quantitative estimate of drug-likeness (QED) is 0.820. The second-order valence-electron chi connectivity index (χ2n) is 4.66. The molecule has 0 aliphatic carbocycles. The van der Waals surface area contributed by atoms with Crippen molar-refractivity contribution in [1.29, 1.82) is 0 Å². The van der Waals surface area contributed by atoms with Gasteiger partial charge in [-0.25, -0.2) is 0 Å². The van der Waals surface area contributed by atoms with Crippen LogP contribution in [0.4, 0.5) is 0 Å². The third-order valence-corrected chi connectivity index (χ3v) is 3.56. The third-order valence-electron chi connectivity index (χ3n) is 3.56. The summed E-state index contributed by atoms with van der Waals surface area (Å²) < 4.78 is 0. The van der Waals surface area contributed by atoms with Crippen molar-refractivity contribution >= 4 is 0 Å². The highest BCUT2D eigenvalue weighted by molar-refractivity contribution is 5.25. The van der Waals surface area contributed by atoms with Crippen LogP contribution >= 0.6 is 0 Å². The Labute approximate surface area is 99.7 Å². The molecule has 2 unspecified atom stereocenters. The van der Waals surface area contributed by atoms with Crippen molar-refractivity contribution in [3.8, 4) is 0 Å². The molecule has 0 spiro atoms. The number of hydrogen-bond acceptors (Lipinski definition) is 2. The summed E-state index contributed by atoms with van der Waals surface area (Å²) in [6.45, 7) is 7.67. The van der Waals surface area contributed by atoms with Gasteiger partial charge in [-0.15, -0.1) is 0 Å². The van der Waals surface area contributed by atoms with Gasteiger partial charge in [0.1, 0.15) is 0 Å². The van der Waals surface area contributed by atoms with Crippen molar-refractivity contribution < 1.29 is 0 Å². The number of nitrogens with zero attached hydrogens (tertiary/aromatic N) is 1. The van der Waals surface area contributed by atoms with E-state index >= 15 is 0 Å². The average molecular weight is 220 g/mol. The summed E-state index contributed by atoms with van der Waals surface area (Å²) in [6.07, 6.45) is 0. The Morgan fingerprint density at radius 1 is 1.25 bits per heavy atom. The molecule has 0 heterocycles. The highest BCUT2D eigenvalue weighted by atomic mass is 15.1. The molecular weight excluding hydrogens is 196 g/mol. The predicted molar refractivity (Wildman–Crippen MR) is 70.6 cm³/mol. The Morgan fingerprint density at radius 3 is 2.44 bits per heavy atom. The summed E-state index contributed by atoms with van der Waals surface area (Å²) in [4.78, 5) is 2.39. The van der Waals surface area contributed by atoms with Crippen molar-refractivity contribution in [2.45, 2.75) is 39.4 Å². The van der Waals surface area contributed by atoms with Gasteiger partial charge in [0.25, 0.3) is 0 Å². The van der Waals surface area contributed by atoms with Crippen LogP contribution in [0.25, 0.3) is 0 Å². The summed E-state index contributed by atoms with van der Waals surface area (Å²) in [7, 11) is 4.20. The zero-order valence-electron chi connectivity index (χ0n) is 11.1. The number of nitrogens with one attached hydrogen (secondary N) is 1. The fourth-order valence-electron chi connectivity index (χ4n) is 1.82. The molecule has 16 heavy (non-hydrogen) atoms. The number of aryl methyl sites for hydroxylation is 1.